The summed E-state index contributed by atoms with van der Waals surface area (Å²) in [5.41, 5.74) is 0.861. The Balaban J connectivity index is 1.70. The highest BCUT2D eigenvalue weighted by Crippen LogP contribution is 2.24. The number of urea groups is 1. The van der Waals surface area contributed by atoms with Crippen LogP contribution in [0, 0.1) is 0 Å². The van der Waals surface area contributed by atoms with E-state index in [0.29, 0.717) is 6.04 Å². The molecule has 0 saturated carbocycles. The molecule has 2 unspecified atom stereocenters. The third-order valence-corrected chi connectivity index (χ3v) is 4.28. The van der Waals surface area contributed by atoms with Crippen molar-refractivity contribution in [2.24, 2.45) is 0 Å². The van der Waals surface area contributed by atoms with Gasteiger partial charge in [0.2, 0.25) is 0 Å². The van der Waals surface area contributed by atoms with Gasteiger partial charge < -0.3 is 14.6 Å². The summed E-state index contributed by atoms with van der Waals surface area (Å²) in [5.74, 6) is 0.800. The van der Waals surface area contributed by atoms with Crippen molar-refractivity contribution in [1.82, 2.24) is 10.2 Å². The van der Waals surface area contributed by atoms with Gasteiger partial charge in [-0.15, -0.1) is 0 Å². The molecule has 1 fully saturated rings. The zero-order valence-electron chi connectivity index (χ0n) is 12.6. The predicted octanol–water partition coefficient (Wildman–Crippen LogP) is 4.08. The number of hydrogen-bond donors (Lipinski definition) is 1. The van der Waals surface area contributed by atoms with Gasteiger partial charge >= 0.3 is 6.03 Å². The van der Waals surface area contributed by atoms with Crippen molar-refractivity contribution in [3.8, 4) is 0 Å². The smallest absolute Gasteiger partial charge is 0.318 e. The molecule has 3 rings (SSSR count). The number of fused-ring (bicyclic) bond motifs is 1. The molecule has 1 aliphatic rings. The summed E-state index contributed by atoms with van der Waals surface area (Å²) in [4.78, 5) is 14.3. The molecule has 2 heterocycles. The fraction of sp³-hybridized carbons (Fsp3) is 0.471. The second kappa shape index (κ2) is 5.80. The number of amides is 2. The number of para-hydroxylation sites is 1. The lowest BCUT2D eigenvalue weighted by molar-refractivity contribution is 0.154. The van der Waals surface area contributed by atoms with Crippen LogP contribution in [-0.2, 0) is 0 Å². The lowest BCUT2D eigenvalue weighted by Gasteiger charge is -2.34. The van der Waals surface area contributed by atoms with Crippen LogP contribution in [0.3, 0.4) is 0 Å². The van der Waals surface area contributed by atoms with Gasteiger partial charge in [0.25, 0.3) is 0 Å². The fourth-order valence-corrected chi connectivity index (χ4v) is 2.95. The van der Waals surface area contributed by atoms with E-state index in [-0.39, 0.29) is 12.1 Å². The highest BCUT2D eigenvalue weighted by molar-refractivity contribution is 5.78. The average molecular weight is 286 g/mol. The summed E-state index contributed by atoms with van der Waals surface area (Å²) in [6, 6.07) is 10.1. The monoisotopic (exact) mass is 286 g/mol. The van der Waals surface area contributed by atoms with Gasteiger partial charge in [0.1, 0.15) is 11.3 Å². The van der Waals surface area contributed by atoms with E-state index in [2.05, 4.69) is 12.2 Å². The van der Waals surface area contributed by atoms with E-state index in [1.807, 2.05) is 42.2 Å². The third kappa shape index (κ3) is 2.89. The SMILES string of the molecule is CC(NC(=O)N1CCCCC1C)c1cc2ccccc2o1. The molecule has 0 aliphatic carbocycles. The first-order chi connectivity index (χ1) is 10.1. The largest absolute Gasteiger partial charge is 0.459 e. The highest BCUT2D eigenvalue weighted by atomic mass is 16.3. The van der Waals surface area contributed by atoms with Crippen LogP contribution >= 0.6 is 0 Å². The van der Waals surface area contributed by atoms with E-state index in [9.17, 15) is 4.79 Å². The van der Waals surface area contributed by atoms with Crippen LogP contribution in [0.4, 0.5) is 4.79 Å². The van der Waals surface area contributed by atoms with Crippen molar-refractivity contribution in [2.45, 2.75) is 45.2 Å². The lowest BCUT2D eigenvalue weighted by Crippen LogP contribution is -2.47. The summed E-state index contributed by atoms with van der Waals surface area (Å²) < 4.78 is 5.81. The van der Waals surface area contributed by atoms with Crippen LogP contribution in [0.1, 0.15) is 44.9 Å². The zero-order valence-corrected chi connectivity index (χ0v) is 12.6. The first kappa shape index (κ1) is 14.0. The average Bonchev–Trinajstić information content (AvgIpc) is 2.91. The zero-order chi connectivity index (χ0) is 14.8. The van der Waals surface area contributed by atoms with Crippen LogP contribution in [0.2, 0.25) is 0 Å². The van der Waals surface area contributed by atoms with Gasteiger partial charge in [0.05, 0.1) is 6.04 Å². The minimum atomic E-state index is -0.126. The number of furan rings is 1. The summed E-state index contributed by atoms with van der Waals surface area (Å²) in [6.07, 6.45) is 3.40. The Morgan fingerprint density at radius 3 is 2.95 bits per heavy atom. The first-order valence-electron chi connectivity index (χ1n) is 7.71. The third-order valence-electron chi connectivity index (χ3n) is 4.28. The van der Waals surface area contributed by atoms with Crippen LogP contribution < -0.4 is 5.32 Å². The first-order valence-corrected chi connectivity index (χ1v) is 7.71. The van der Waals surface area contributed by atoms with Gasteiger partial charge in [-0.25, -0.2) is 4.79 Å². The van der Waals surface area contributed by atoms with Gasteiger partial charge in [0, 0.05) is 18.0 Å². The number of carbonyl (C=O) groups excluding carboxylic acids is 1. The molecular weight excluding hydrogens is 264 g/mol. The van der Waals surface area contributed by atoms with E-state index in [0.717, 1.165) is 36.1 Å². The van der Waals surface area contributed by atoms with Gasteiger partial charge in [-0.2, -0.15) is 0 Å². The molecule has 0 bridgehead atoms. The minimum Gasteiger partial charge on any atom is -0.459 e. The van der Waals surface area contributed by atoms with Crippen LogP contribution in [-0.4, -0.2) is 23.5 Å². The quantitative estimate of drug-likeness (QED) is 0.904. The number of piperidine rings is 1. The maximum Gasteiger partial charge on any atom is 0.318 e. The van der Waals surface area contributed by atoms with Gasteiger partial charge in [-0.05, 0) is 45.2 Å². The summed E-state index contributed by atoms with van der Waals surface area (Å²) >= 11 is 0. The van der Waals surface area contributed by atoms with E-state index >= 15 is 0 Å². The maximum absolute atomic E-state index is 12.4. The molecule has 1 aromatic carbocycles. The molecule has 21 heavy (non-hydrogen) atoms. The normalized spacial score (nSPS) is 20.5. The number of nitrogens with one attached hydrogen (secondary N) is 1. The summed E-state index contributed by atoms with van der Waals surface area (Å²) in [6.45, 7) is 4.93. The number of rotatable bonds is 2. The van der Waals surface area contributed by atoms with Gasteiger partial charge in [-0.1, -0.05) is 18.2 Å². The van der Waals surface area contributed by atoms with Crippen molar-refractivity contribution in [3.05, 3.63) is 36.1 Å². The number of nitrogens with zero attached hydrogens (tertiary/aromatic N) is 1. The van der Waals surface area contributed by atoms with E-state index in [4.69, 9.17) is 4.42 Å². The Hall–Kier alpha value is -1.97. The van der Waals surface area contributed by atoms with Crippen molar-refractivity contribution in [1.29, 1.82) is 0 Å². The summed E-state index contributed by atoms with van der Waals surface area (Å²) in [7, 11) is 0. The Kier molecular flexibility index (Phi) is 3.86. The molecule has 1 aromatic heterocycles. The second-order valence-electron chi connectivity index (χ2n) is 5.90. The van der Waals surface area contributed by atoms with Crippen LogP contribution in [0.5, 0.6) is 0 Å². The fourth-order valence-electron chi connectivity index (χ4n) is 2.95. The number of benzene rings is 1. The van der Waals surface area contributed by atoms with Crippen molar-refractivity contribution >= 4 is 17.0 Å². The van der Waals surface area contributed by atoms with Gasteiger partial charge in [0.15, 0.2) is 0 Å². The molecule has 1 aliphatic heterocycles. The molecule has 2 atom stereocenters. The molecule has 0 spiro atoms. The standard InChI is InChI=1S/C17H22N2O2/c1-12-7-5-6-10-19(12)17(20)18-13(2)16-11-14-8-3-4-9-15(14)21-16/h3-4,8-9,11-13H,5-7,10H2,1-2H3,(H,18,20). The Bertz CT molecular complexity index is 602. The van der Waals surface area contributed by atoms with E-state index in [1.165, 1.54) is 6.42 Å². The van der Waals surface area contributed by atoms with Crippen molar-refractivity contribution < 1.29 is 9.21 Å². The second-order valence-corrected chi connectivity index (χ2v) is 5.90. The predicted molar refractivity (Wildman–Crippen MR) is 83.2 cm³/mol. The van der Waals surface area contributed by atoms with Crippen molar-refractivity contribution in [3.63, 3.8) is 0 Å². The number of carbonyl (C=O) groups is 1. The van der Waals surface area contributed by atoms with E-state index in [1.54, 1.807) is 0 Å². The topological polar surface area (TPSA) is 45.5 Å². The van der Waals surface area contributed by atoms with Crippen LogP contribution in [0.25, 0.3) is 11.0 Å². The molecule has 4 nitrogen and oxygen atoms in total. The Morgan fingerprint density at radius 2 is 2.19 bits per heavy atom. The Morgan fingerprint density at radius 1 is 1.38 bits per heavy atom. The van der Waals surface area contributed by atoms with Gasteiger partial charge in [-0.3, -0.25) is 0 Å². The molecule has 2 aromatic rings. The molecule has 1 saturated heterocycles. The molecule has 2 amide bonds. The maximum atomic E-state index is 12.4. The highest BCUT2D eigenvalue weighted by Gasteiger charge is 2.25. The van der Waals surface area contributed by atoms with Crippen LogP contribution in [0.15, 0.2) is 34.7 Å². The number of likely N-dealkylation sites (tertiary alicyclic amines) is 1. The molecule has 0 radical (unpaired) electrons. The minimum absolute atomic E-state index is 0.00940. The Labute approximate surface area is 125 Å². The lowest BCUT2D eigenvalue weighted by atomic mass is 10.0. The molecule has 112 valence electrons. The molecular formula is C17H22N2O2. The summed E-state index contributed by atoms with van der Waals surface area (Å²) in [5, 5.41) is 4.12. The molecule has 1 N–H and O–H groups in total. The number of hydrogen-bond acceptors (Lipinski definition) is 2. The van der Waals surface area contributed by atoms with Crippen molar-refractivity contribution in [2.75, 3.05) is 6.54 Å². The van der Waals surface area contributed by atoms with E-state index < -0.39 is 0 Å². The molecule has 4 heteroatoms.